The maximum Gasteiger partial charge on any atom is 0.229 e. The van der Waals surface area contributed by atoms with Crippen molar-refractivity contribution < 1.29 is 13.6 Å². The zero-order chi connectivity index (χ0) is 22.5. The summed E-state index contributed by atoms with van der Waals surface area (Å²) < 4.78 is 26.6. The number of nitrogens with one attached hydrogen (secondary N) is 1. The van der Waals surface area contributed by atoms with Crippen LogP contribution in [0, 0.1) is 11.6 Å². The average molecular weight is 430 g/mol. The first-order chi connectivity index (χ1) is 15.5. The number of benzene rings is 3. The molecule has 4 rings (SSSR count). The highest BCUT2D eigenvalue weighted by molar-refractivity contribution is 5.92. The van der Waals surface area contributed by atoms with Gasteiger partial charge < -0.3 is 11.1 Å². The van der Waals surface area contributed by atoms with Gasteiger partial charge in [0.25, 0.3) is 0 Å². The summed E-state index contributed by atoms with van der Waals surface area (Å²) in [5.74, 6) is -2.03. The van der Waals surface area contributed by atoms with Gasteiger partial charge in [0.2, 0.25) is 5.91 Å². The fourth-order valence-corrected chi connectivity index (χ4v) is 3.25. The third kappa shape index (κ3) is 5.13. The van der Waals surface area contributed by atoms with Crippen LogP contribution < -0.4 is 11.1 Å². The normalized spacial score (nSPS) is 10.7. The molecule has 0 aliphatic rings. The Hall–Kier alpha value is -4.13. The van der Waals surface area contributed by atoms with Crippen LogP contribution in [-0.4, -0.2) is 15.9 Å². The number of nitrogens with zero attached hydrogens (tertiary/aromatic N) is 2. The van der Waals surface area contributed by atoms with E-state index in [1.165, 1.54) is 6.07 Å². The van der Waals surface area contributed by atoms with E-state index in [0.29, 0.717) is 34.9 Å². The molecule has 160 valence electrons. The zero-order valence-electron chi connectivity index (χ0n) is 17.1. The van der Waals surface area contributed by atoms with Gasteiger partial charge in [-0.3, -0.25) is 4.79 Å². The van der Waals surface area contributed by atoms with E-state index in [9.17, 15) is 13.6 Å². The van der Waals surface area contributed by atoms with Gasteiger partial charge in [-0.15, -0.1) is 0 Å². The van der Waals surface area contributed by atoms with Gasteiger partial charge in [-0.05, 0) is 35.4 Å². The number of carbonyl (C=O) groups is 1. The minimum Gasteiger partial charge on any atom is -0.399 e. The van der Waals surface area contributed by atoms with E-state index in [4.69, 9.17) is 10.7 Å². The van der Waals surface area contributed by atoms with E-state index >= 15 is 0 Å². The molecule has 0 fully saturated rings. The number of aromatic nitrogens is 2. The lowest BCUT2D eigenvalue weighted by Gasteiger charge is -2.12. The van der Waals surface area contributed by atoms with Crippen molar-refractivity contribution in [2.45, 2.75) is 12.8 Å². The summed E-state index contributed by atoms with van der Waals surface area (Å²) in [6, 6.07) is 20.4. The zero-order valence-corrected chi connectivity index (χ0v) is 17.1. The van der Waals surface area contributed by atoms with Crippen LogP contribution in [0.2, 0.25) is 0 Å². The number of nitrogen functional groups attached to an aromatic ring is 1. The summed E-state index contributed by atoms with van der Waals surface area (Å²) in [7, 11) is 0. The molecule has 0 saturated carbocycles. The average Bonchev–Trinajstić information content (AvgIpc) is 2.79. The molecule has 3 aromatic carbocycles. The monoisotopic (exact) mass is 430 g/mol. The molecule has 32 heavy (non-hydrogen) atoms. The molecular formula is C25H20F2N4O. The molecule has 0 spiro atoms. The molecule has 0 radical (unpaired) electrons. The lowest BCUT2D eigenvalue weighted by molar-refractivity contribution is -0.115. The SMILES string of the molecule is Nc1ccc(-c2cnc(NC(=O)Cc3ccc(F)c(F)c3)c(Cc3ccccc3)n2)cc1. The summed E-state index contributed by atoms with van der Waals surface area (Å²) in [6.45, 7) is 0. The van der Waals surface area contributed by atoms with Crippen LogP contribution in [0.4, 0.5) is 20.3 Å². The van der Waals surface area contributed by atoms with E-state index < -0.39 is 17.5 Å². The second kappa shape index (κ2) is 9.34. The molecular weight excluding hydrogens is 410 g/mol. The molecule has 1 amide bonds. The minimum absolute atomic E-state index is 0.122. The predicted octanol–water partition coefficient (Wildman–Crippen LogP) is 4.78. The maximum atomic E-state index is 13.5. The highest BCUT2D eigenvalue weighted by Gasteiger charge is 2.14. The van der Waals surface area contributed by atoms with Crippen molar-refractivity contribution in [3.05, 3.63) is 107 Å². The molecule has 7 heteroatoms. The lowest BCUT2D eigenvalue weighted by atomic mass is 10.1. The Morgan fingerprint density at radius 3 is 2.38 bits per heavy atom. The first kappa shape index (κ1) is 21.1. The minimum atomic E-state index is -0.993. The fraction of sp³-hybridized carbons (Fsp3) is 0.0800. The Labute approximate surface area is 184 Å². The molecule has 4 aromatic rings. The number of hydrogen-bond donors (Lipinski definition) is 2. The van der Waals surface area contributed by atoms with Crippen LogP contribution in [0.25, 0.3) is 11.3 Å². The number of carbonyl (C=O) groups excluding carboxylic acids is 1. The number of anilines is 2. The summed E-state index contributed by atoms with van der Waals surface area (Å²) in [4.78, 5) is 21.7. The predicted molar refractivity (Wildman–Crippen MR) is 120 cm³/mol. The number of hydrogen-bond acceptors (Lipinski definition) is 4. The van der Waals surface area contributed by atoms with Crippen molar-refractivity contribution in [2.75, 3.05) is 11.1 Å². The molecule has 0 unspecified atom stereocenters. The third-order valence-electron chi connectivity index (χ3n) is 4.87. The van der Waals surface area contributed by atoms with Gasteiger partial charge in [0.05, 0.1) is 24.0 Å². The van der Waals surface area contributed by atoms with Crippen molar-refractivity contribution in [1.82, 2.24) is 9.97 Å². The highest BCUT2D eigenvalue weighted by Crippen LogP contribution is 2.23. The molecule has 5 nitrogen and oxygen atoms in total. The summed E-state index contributed by atoms with van der Waals surface area (Å²) in [5.41, 5.74) is 9.86. The van der Waals surface area contributed by atoms with Crippen molar-refractivity contribution in [1.29, 1.82) is 0 Å². The molecule has 1 heterocycles. The van der Waals surface area contributed by atoms with Gasteiger partial charge in [0.15, 0.2) is 17.5 Å². The second-order valence-corrected chi connectivity index (χ2v) is 7.31. The standard InChI is InChI=1S/C25H20F2N4O/c26-20-11-6-17(12-21(20)27)14-24(32)31-25-22(13-16-4-2-1-3-5-16)30-23(15-29-25)18-7-9-19(28)10-8-18/h1-12,15H,13-14,28H2,(H,29,31,32). The van der Waals surface area contributed by atoms with E-state index in [1.807, 2.05) is 42.5 Å². The van der Waals surface area contributed by atoms with Crippen LogP contribution in [0.1, 0.15) is 16.8 Å². The Morgan fingerprint density at radius 1 is 0.906 bits per heavy atom. The fourth-order valence-electron chi connectivity index (χ4n) is 3.25. The van der Waals surface area contributed by atoms with Crippen LogP contribution >= 0.6 is 0 Å². The molecule has 1 aromatic heterocycles. The highest BCUT2D eigenvalue weighted by atomic mass is 19.2. The van der Waals surface area contributed by atoms with E-state index in [0.717, 1.165) is 23.3 Å². The molecule has 3 N–H and O–H groups in total. The van der Waals surface area contributed by atoms with Crippen molar-refractivity contribution in [3.63, 3.8) is 0 Å². The van der Waals surface area contributed by atoms with Crippen molar-refractivity contribution >= 4 is 17.4 Å². The first-order valence-corrected chi connectivity index (χ1v) is 9.97. The van der Waals surface area contributed by atoms with Gasteiger partial charge >= 0.3 is 0 Å². The van der Waals surface area contributed by atoms with Crippen LogP contribution in [0.3, 0.4) is 0 Å². The number of amides is 1. The summed E-state index contributed by atoms with van der Waals surface area (Å²) in [5, 5.41) is 2.75. The van der Waals surface area contributed by atoms with E-state index in [1.54, 1.807) is 18.3 Å². The Kier molecular flexibility index (Phi) is 6.17. The van der Waals surface area contributed by atoms with Gasteiger partial charge in [-0.1, -0.05) is 48.5 Å². The van der Waals surface area contributed by atoms with Gasteiger partial charge in [0.1, 0.15) is 0 Å². The number of nitrogens with two attached hydrogens (primary N) is 1. The Morgan fingerprint density at radius 2 is 1.66 bits per heavy atom. The molecule has 0 bridgehead atoms. The van der Waals surface area contributed by atoms with Crippen molar-refractivity contribution in [2.24, 2.45) is 0 Å². The lowest BCUT2D eigenvalue weighted by Crippen LogP contribution is -2.18. The van der Waals surface area contributed by atoms with Gasteiger partial charge in [-0.25, -0.2) is 18.7 Å². The Balaban J connectivity index is 1.61. The maximum absolute atomic E-state index is 13.5. The largest absolute Gasteiger partial charge is 0.399 e. The van der Waals surface area contributed by atoms with Gasteiger partial charge in [0, 0.05) is 17.7 Å². The third-order valence-corrected chi connectivity index (χ3v) is 4.87. The molecule has 0 aliphatic carbocycles. The number of rotatable bonds is 6. The van der Waals surface area contributed by atoms with E-state index in [2.05, 4.69) is 10.3 Å². The Bertz CT molecular complexity index is 1240. The van der Waals surface area contributed by atoms with E-state index in [-0.39, 0.29) is 6.42 Å². The molecule has 0 atom stereocenters. The number of halogens is 2. The first-order valence-electron chi connectivity index (χ1n) is 9.97. The topological polar surface area (TPSA) is 80.9 Å². The molecule has 0 aliphatic heterocycles. The summed E-state index contributed by atoms with van der Waals surface area (Å²) >= 11 is 0. The smallest absolute Gasteiger partial charge is 0.229 e. The quantitative estimate of drug-likeness (QED) is 0.432. The second-order valence-electron chi connectivity index (χ2n) is 7.31. The van der Waals surface area contributed by atoms with Crippen LogP contribution in [0.15, 0.2) is 79.0 Å². The van der Waals surface area contributed by atoms with Crippen LogP contribution in [-0.2, 0) is 17.6 Å². The molecule has 0 saturated heterocycles. The van der Waals surface area contributed by atoms with Gasteiger partial charge in [-0.2, -0.15) is 0 Å². The summed E-state index contributed by atoms with van der Waals surface area (Å²) in [6.07, 6.45) is 1.91. The van der Waals surface area contributed by atoms with Crippen LogP contribution in [0.5, 0.6) is 0 Å². The van der Waals surface area contributed by atoms with Crippen molar-refractivity contribution in [3.8, 4) is 11.3 Å².